The van der Waals surface area contributed by atoms with Gasteiger partial charge in [-0.25, -0.2) is 0 Å². The lowest BCUT2D eigenvalue weighted by atomic mass is 9.74. The second kappa shape index (κ2) is 3.32. The van der Waals surface area contributed by atoms with Crippen LogP contribution in [0.3, 0.4) is 0 Å². The molecular formula is C13H16N2O. The van der Waals surface area contributed by atoms with Crippen LogP contribution in [0.25, 0.3) is 0 Å². The highest BCUT2D eigenvalue weighted by atomic mass is 16.2. The summed E-state index contributed by atoms with van der Waals surface area (Å²) in [5, 5.41) is 6.35. The molecule has 0 bridgehead atoms. The fourth-order valence-corrected chi connectivity index (χ4v) is 2.89. The summed E-state index contributed by atoms with van der Waals surface area (Å²) >= 11 is 0. The molecule has 1 amide bonds. The van der Waals surface area contributed by atoms with Gasteiger partial charge in [-0.1, -0.05) is 12.1 Å². The molecule has 2 heterocycles. The average Bonchev–Trinajstić information content (AvgIpc) is 2.53. The minimum Gasteiger partial charge on any atom is -0.325 e. The van der Waals surface area contributed by atoms with Gasteiger partial charge in [0.05, 0.1) is 5.41 Å². The Hall–Kier alpha value is -1.35. The first-order chi connectivity index (χ1) is 7.72. The first kappa shape index (κ1) is 9.85. The normalized spacial score (nSPS) is 21.9. The summed E-state index contributed by atoms with van der Waals surface area (Å²) in [6.07, 6.45) is 1.82. The van der Waals surface area contributed by atoms with Gasteiger partial charge >= 0.3 is 0 Å². The molecule has 0 atom stereocenters. The standard InChI is InChI=1S/C13H16N2O/c1-9-2-3-10-11(8-9)15-12(16)13(10)4-6-14-7-5-13/h2-3,8,14H,4-7H2,1H3,(H,15,16). The molecule has 2 N–H and O–H groups in total. The van der Waals surface area contributed by atoms with Crippen LogP contribution in [0.5, 0.6) is 0 Å². The lowest BCUT2D eigenvalue weighted by molar-refractivity contribution is -0.121. The highest BCUT2D eigenvalue weighted by molar-refractivity contribution is 6.06. The van der Waals surface area contributed by atoms with Gasteiger partial charge in [-0.2, -0.15) is 0 Å². The lowest BCUT2D eigenvalue weighted by Gasteiger charge is -2.31. The van der Waals surface area contributed by atoms with E-state index in [2.05, 4.69) is 35.8 Å². The Bertz CT molecular complexity index is 447. The van der Waals surface area contributed by atoms with Crippen LogP contribution >= 0.6 is 0 Å². The summed E-state index contributed by atoms with van der Waals surface area (Å²) in [6.45, 7) is 3.92. The quantitative estimate of drug-likeness (QED) is 0.691. The van der Waals surface area contributed by atoms with Gasteiger partial charge in [0.15, 0.2) is 0 Å². The molecule has 2 aliphatic rings. The first-order valence-electron chi connectivity index (χ1n) is 5.86. The molecule has 1 fully saturated rings. The van der Waals surface area contributed by atoms with Crippen LogP contribution in [0, 0.1) is 6.92 Å². The van der Waals surface area contributed by atoms with E-state index in [1.54, 1.807) is 0 Å². The molecule has 0 unspecified atom stereocenters. The maximum atomic E-state index is 12.2. The molecule has 3 rings (SSSR count). The van der Waals surface area contributed by atoms with Crippen LogP contribution < -0.4 is 10.6 Å². The number of fused-ring (bicyclic) bond motifs is 2. The number of nitrogens with one attached hydrogen (secondary N) is 2. The third-order valence-corrected chi connectivity index (χ3v) is 3.83. The molecule has 0 aromatic heterocycles. The maximum absolute atomic E-state index is 12.2. The molecular weight excluding hydrogens is 200 g/mol. The monoisotopic (exact) mass is 216 g/mol. The summed E-state index contributed by atoms with van der Waals surface area (Å²) < 4.78 is 0. The number of carbonyl (C=O) groups is 1. The van der Waals surface area contributed by atoms with Crippen molar-refractivity contribution in [2.24, 2.45) is 0 Å². The number of carbonyl (C=O) groups excluding carboxylic acids is 1. The van der Waals surface area contributed by atoms with Crippen molar-refractivity contribution < 1.29 is 4.79 Å². The summed E-state index contributed by atoms with van der Waals surface area (Å²) in [4.78, 5) is 12.2. The zero-order valence-corrected chi connectivity index (χ0v) is 9.47. The van der Waals surface area contributed by atoms with Gasteiger partial charge in [-0.05, 0) is 50.0 Å². The van der Waals surface area contributed by atoms with Crippen LogP contribution in [-0.4, -0.2) is 19.0 Å². The highest BCUT2D eigenvalue weighted by Crippen LogP contribution is 2.43. The molecule has 84 valence electrons. The van der Waals surface area contributed by atoms with Crippen molar-refractivity contribution in [3.63, 3.8) is 0 Å². The fraction of sp³-hybridized carbons (Fsp3) is 0.462. The van der Waals surface area contributed by atoms with Crippen molar-refractivity contribution in [2.75, 3.05) is 18.4 Å². The first-order valence-corrected chi connectivity index (χ1v) is 5.86. The summed E-state index contributed by atoms with van der Waals surface area (Å²) in [5.74, 6) is 0.189. The third kappa shape index (κ3) is 1.21. The zero-order chi connectivity index (χ0) is 11.2. The Morgan fingerprint density at radius 1 is 1.25 bits per heavy atom. The van der Waals surface area contributed by atoms with Crippen LogP contribution in [0.1, 0.15) is 24.0 Å². The number of aryl methyl sites for hydroxylation is 1. The molecule has 1 spiro atoms. The Balaban J connectivity index is 2.11. The van der Waals surface area contributed by atoms with Crippen LogP contribution in [-0.2, 0) is 10.2 Å². The molecule has 0 saturated carbocycles. The van der Waals surface area contributed by atoms with E-state index in [1.807, 2.05) is 0 Å². The van der Waals surface area contributed by atoms with Gasteiger partial charge in [-0.15, -0.1) is 0 Å². The number of rotatable bonds is 0. The lowest BCUT2D eigenvalue weighted by Crippen LogP contribution is -2.44. The molecule has 2 aliphatic heterocycles. The van der Waals surface area contributed by atoms with Crippen molar-refractivity contribution in [2.45, 2.75) is 25.2 Å². The maximum Gasteiger partial charge on any atom is 0.235 e. The van der Waals surface area contributed by atoms with Crippen LogP contribution in [0.2, 0.25) is 0 Å². The van der Waals surface area contributed by atoms with Gasteiger partial charge < -0.3 is 10.6 Å². The van der Waals surface area contributed by atoms with E-state index >= 15 is 0 Å². The average molecular weight is 216 g/mol. The van der Waals surface area contributed by atoms with Crippen molar-refractivity contribution >= 4 is 11.6 Å². The van der Waals surface area contributed by atoms with Crippen molar-refractivity contribution in [1.29, 1.82) is 0 Å². The van der Waals surface area contributed by atoms with E-state index in [-0.39, 0.29) is 11.3 Å². The minimum atomic E-state index is -0.256. The summed E-state index contributed by atoms with van der Waals surface area (Å²) in [5.41, 5.74) is 3.16. The van der Waals surface area contributed by atoms with Crippen molar-refractivity contribution in [3.8, 4) is 0 Å². The smallest absolute Gasteiger partial charge is 0.235 e. The van der Waals surface area contributed by atoms with Crippen molar-refractivity contribution in [3.05, 3.63) is 29.3 Å². The highest BCUT2D eigenvalue weighted by Gasteiger charge is 2.46. The SMILES string of the molecule is Cc1ccc2c(c1)NC(=O)C21CCNCC1. The number of benzene rings is 1. The van der Waals surface area contributed by atoms with Crippen LogP contribution in [0.15, 0.2) is 18.2 Å². The summed E-state index contributed by atoms with van der Waals surface area (Å²) in [7, 11) is 0. The van der Waals surface area contributed by atoms with Gasteiger partial charge in [0.2, 0.25) is 5.91 Å². The van der Waals surface area contributed by atoms with E-state index in [4.69, 9.17) is 0 Å². The topological polar surface area (TPSA) is 41.1 Å². The van der Waals surface area contributed by atoms with Crippen molar-refractivity contribution in [1.82, 2.24) is 5.32 Å². The Morgan fingerprint density at radius 2 is 2.00 bits per heavy atom. The molecule has 3 nitrogen and oxygen atoms in total. The third-order valence-electron chi connectivity index (χ3n) is 3.83. The predicted octanol–water partition coefficient (Wildman–Crippen LogP) is 1.57. The van der Waals surface area contributed by atoms with Gasteiger partial charge in [0, 0.05) is 5.69 Å². The van der Waals surface area contributed by atoms with Gasteiger partial charge in [0.25, 0.3) is 0 Å². The molecule has 0 aliphatic carbocycles. The summed E-state index contributed by atoms with van der Waals surface area (Å²) in [6, 6.07) is 6.29. The molecule has 0 radical (unpaired) electrons. The van der Waals surface area contributed by atoms with Gasteiger partial charge in [0.1, 0.15) is 0 Å². The van der Waals surface area contributed by atoms with Gasteiger partial charge in [-0.3, -0.25) is 4.79 Å². The molecule has 1 aromatic rings. The zero-order valence-electron chi connectivity index (χ0n) is 9.47. The fourth-order valence-electron chi connectivity index (χ4n) is 2.89. The molecule has 3 heteroatoms. The van der Waals surface area contributed by atoms with E-state index in [9.17, 15) is 4.79 Å². The number of anilines is 1. The second-order valence-corrected chi connectivity index (χ2v) is 4.84. The number of amides is 1. The largest absolute Gasteiger partial charge is 0.325 e. The molecule has 1 aromatic carbocycles. The van der Waals surface area contributed by atoms with E-state index in [1.165, 1.54) is 11.1 Å². The number of hydrogen-bond acceptors (Lipinski definition) is 2. The van der Waals surface area contributed by atoms with E-state index in [0.717, 1.165) is 31.6 Å². The second-order valence-electron chi connectivity index (χ2n) is 4.84. The molecule has 16 heavy (non-hydrogen) atoms. The minimum absolute atomic E-state index is 0.189. The van der Waals surface area contributed by atoms with E-state index in [0.29, 0.717) is 0 Å². The number of piperidine rings is 1. The van der Waals surface area contributed by atoms with Crippen LogP contribution in [0.4, 0.5) is 5.69 Å². The Kier molecular flexibility index (Phi) is 2.04. The number of hydrogen-bond donors (Lipinski definition) is 2. The Morgan fingerprint density at radius 3 is 2.75 bits per heavy atom. The molecule has 1 saturated heterocycles. The predicted molar refractivity (Wildman–Crippen MR) is 63.6 cm³/mol. The Labute approximate surface area is 95.2 Å². The van der Waals surface area contributed by atoms with E-state index < -0.39 is 0 Å².